The monoisotopic (exact) mass is 329 g/mol. The molecule has 2 atom stereocenters. The van der Waals surface area contributed by atoms with E-state index in [4.69, 9.17) is 9.47 Å². The summed E-state index contributed by atoms with van der Waals surface area (Å²) in [5.41, 5.74) is 0.328. The van der Waals surface area contributed by atoms with Gasteiger partial charge in [0.2, 0.25) is 0 Å². The minimum absolute atomic E-state index is 0.266. The Morgan fingerprint density at radius 2 is 2.04 bits per heavy atom. The average molecular weight is 329 g/mol. The molecule has 1 saturated heterocycles. The highest BCUT2D eigenvalue weighted by Crippen LogP contribution is 2.47. The van der Waals surface area contributed by atoms with Gasteiger partial charge in [-0.15, -0.1) is 0 Å². The molecule has 126 valence electrons. The van der Waals surface area contributed by atoms with Crippen LogP contribution in [0.1, 0.15) is 12.8 Å². The van der Waals surface area contributed by atoms with Crippen LogP contribution >= 0.6 is 0 Å². The first kappa shape index (κ1) is 15.1. The maximum atomic E-state index is 12.1. The summed E-state index contributed by atoms with van der Waals surface area (Å²) in [7, 11) is 1.60. The maximum Gasteiger partial charge on any atom is 0.333 e. The number of hydrogen-bond donors (Lipinski definition) is 1. The number of carbonyl (C=O) groups is 1. The topological polar surface area (TPSA) is 86.5 Å². The molecule has 1 saturated carbocycles. The number of nitrogens with zero attached hydrogens (tertiary/aromatic N) is 3. The third kappa shape index (κ3) is 2.19. The lowest BCUT2D eigenvalue weighted by Gasteiger charge is -2.24. The van der Waals surface area contributed by atoms with Crippen LogP contribution in [0.25, 0.3) is 11.3 Å². The number of para-hydroxylation sites is 1. The van der Waals surface area contributed by atoms with Crippen molar-refractivity contribution in [2.45, 2.75) is 18.4 Å². The van der Waals surface area contributed by atoms with Gasteiger partial charge in [-0.25, -0.2) is 4.79 Å². The Kier molecular flexibility index (Phi) is 3.53. The summed E-state index contributed by atoms with van der Waals surface area (Å²) in [4.78, 5) is 13.4. The van der Waals surface area contributed by atoms with E-state index in [0.717, 1.165) is 5.56 Å². The summed E-state index contributed by atoms with van der Waals surface area (Å²) in [5.74, 6) is 0.341. The number of aromatic nitrogens is 3. The second kappa shape index (κ2) is 5.59. The van der Waals surface area contributed by atoms with E-state index in [0.29, 0.717) is 37.5 Å². The van der Waals surface area contributed by atoms with Gasteiger partial charge in [-0.2, -0.15) is 15.0 Å². The Labute approximate surface area is 139 Å². The molecule has 4 rings (SSSR count). The molecule has 24 heavy (non-hydrogen) atoms. The van der Waals surface area contributed by atoms with Crippen molar-refractivity contribution in [3.63, 3.8) is 0 Å². The molecule has 2 aromatic rings. The van der Waals surface area contributed by atoms with Gasteiger partial charge in [-0.1, -0.05) is 12.1 Å². The van der Waals surface area contributed by atoms with Crippen LogP contribution in [0.2, 0.25) is 0 Å². The maximum absolute atomic E-state index is 12.1. The fourth-order valence-corrected chi connectivity index (χ4v) is 3.92. The summed E-state index contributed by atoms with van der Waals surface area (Å²) in [6.45, 7) is 1.25. The molecule has 1 aliphatic heterocycles. The number of benzene rings is 1. The highest BCUT2D eigenvalue weighted by molar-refractivity contribution is 5.77. The van der Waals surface area contributed by atoms with Gasteiger partial charge in [0.1, 0.15) is 11.4 Å². The van der Waals surface area contributed by atoms with Gasteiger partial charge < -0.3 is 14.6 Å². The van der Waals surface area contributed by atoms with E-state index in [1.54, 1.807) is 13.3 Å². The second-order valence-electron chi connectivity index (χ2n) is 6.52. The lowest BCUT2D eigenvalue weighted by atomic mass is 9.97. The standard InChI is InChI=1S/C17H19N3O4/c1-23-15-5-3-2-4-13(15)14-8-18-20(19-14)17(16(21)22)6-11-9-24-10-12(11)7-17/h2-5,8,11-12H,6-7,9-10H2,1H3,(H,21,22). The molecular weight excluding hydrogens is 310 g/mol. The fourth-order valence-electron chi connectivity index (χ4n) is 3.92. The highest BCUT2D eigenvalue weighted by atomic mass is 16.5. The Morgan fingerprint density at radius 3 is 2.71 bits per heavy atom. The molecule has 0 radical (unpaired) electrons. The van der Waals surface area contributed by atoms with Gasteiger partial charge in [0.15, 0.2) is 5.54 Å². The largest absolute Gasteiger partial charge is 0.496 e. The normalized spacial score (nSPS) is 28.7. The van der Waals surface area contributed by atoms with E-state index < -0.39 is 11.5 Å². The Bertz CT molecular complexity index is 761. The van der Waals surface area contributed by atoms with Gasteiger partial charge in [0, 0.05) is 18.8 Å². The first-order chi connectivity index (χ1) is 11.6. The molecule has 1 aromatic carbocycles. The second-order valence-corrected chi connectivity index (χ2v) is 6.52. The van der Waals surface area contributed by atoms with Crippen LogP contribution in [0.15, 0.2) is 30.5 Å². The molecule has 7 heteroatoms. The van der Waals surface area contributed by atoms with E-state index in [9.17, 15) is 9.90 Å². The van der Waals surface area contributed by atoms with E-state index in [1.165, 1.54) is 4.80 Å². The first-order valence-electron chi connectivity index (χ1n) is 8.01. The van der Waals surface area contributed by atoms with Crippen molar-refractivity contribution in [2.75, 3.05) is 20.3 Å². The average Bonchev–Trinajstić information content (AvgIpc) is 3.29. The van der Waals surface area contributed by atoms with Gasteiger partial charge in [0.05, 0.1) is 13.3 Å². The van der Waals surface area contributed by atoms with E-state index in [2.05, 4.69) is 10.2 Å². The number of carboxylic acids is 1. The zero-order valence-electron chi connectivity index (χ0n) is 13.4. The third-order valence-electron chi connectivity index (χ3n) is 5.19. The summed E-state index contributed by atoms with van der Waals surface area (Å²) in [6.07, 6.45) is 2.62. The quantitative estimate of drug-likeness (QED) is 0.920. The van der Waals surface area contributed by atoms with Crippen LogP contribution in [-0.4, -0.2) is 46.4 Å². The van der Waals surface area contributed by atoms with Crippen molar-refractivity contribution in [3.8, 4) is 17.0 Å². The summed E-state index contributed by atoms with van der Waals surface area (Å²) < 4.78 is 10.8. The molecule has 1 aliphatic carbocycles. The van der Waals surface area contributed by atoms with Gasteiger partial charge >= 0.3 is 5.97 Å². The van der Waals surface area contributed by atoms with Crippen LogP contribution in [-0.2, 0) is 15.1 Å². The van der Waals surface area contributed by atoms with Crippen LogP contribution in [0.4, 0.5) is 0 Å². The molecule has 1 aromatic heterocycles. The van der Waals surface area contributed by atoms with Crippen molar-refractivity contribution in [3.05, 3.63) is 30.5 Å². The molecule has 0 amide bonds. The number of hydrogen-bond acceptors (Lipinski definition) is 5. The van der Waals surface area contributed by atoms with Crippen LogP contribution < -0.4 is 4.74 Å². The van der Waals surface area contributed by atoms with Crippen molar-refractivity contribution >= 4 is 5.97 Å². The van der Waals surface area contributed by atoms with Crippen molar-refractivity contribution in [1.29, 1.82) is 0 Å². The molecule has 0 spiro atoms. The number of methoxy groups -OCH3 is 1. The lowest BCUT2D eigenvalue weighted by molar-refractivity contribution is -0.149. The van der Waals surface area contributed by atoms with E-state index in [1.807, 2.05) is 24.3 Å². The summed E-state index contributed by atoms with van der Waals surface area (Å²) in [5, 5.41) is 18.7. The molecule has 2 unspecified atom stereocenters. The third-order valence-corrected chi connectivity index (χ3v) is 5.19. The smallest absolute Gasteiger partial charge is 0.333 e. The Hall–Kier alpha value is -2.41. The Morgan fingerprint density at radius 1 is 1.33 bits per heavy atom. The highest BCUT2D eigenvalue weighted by Gasteiger charge is 2.55. The van der Waals surface area contributed by atoms with Crippen molar-refractivity contribution in [1.82, 2.24) is 15.0 Å². The van der Waals surface area contributed by atoms with Crippen molar-refractivity contribution < 1.29 is 19.4 Å². The number of fused-ring (bicyclic) bond motifs is 1. The van der Waals surface area contributed by atoms with Gasteiger partial charge in [-0.05, 0) is 36.8 Å². The predicted molar refractivity (Wildman–Crippen MR) is 84.7 cm³/mol. The lowest BCUT2D eigenvalue weighted by Crippen LogP contribution is -2.42. The predicted octanol–water partition coefficient (Wildman–Crippen LogP) is 1.79. The minimum atomic E-state index is -1.08. The fraction of sp³-hybridized carbons (Fsp3) is 0.471. The molecule has 2 aliphatic rings. The first-order valence-corrected chi connectivity index (χ1v) is 8.01. The van der Waals surface area contributed by atoms with E-state index >= 15 is 0 Å². The van der Waals surface area contributed by atoms with Gasteiger partial charge in [-0.3, -0.25) is 0 Å². The molecule has 2 heterocycles. The summed E-state index contributed by atoms with van der Waals surface area (Å²) in [6, 6.07) is 7.50. The van der Waals surface area contributed by atoms with Crippen molar-refractivity contribution in [2.24, 2.45) is 11.8 Å². The van der Waals surface area contributed by atoms with Crippen LogP contribution in [0.5, 0.6) is 5.75 Å². The zero-order chi connectivity index (χ0) is 16.7. The summed E-state index contributed by atoms with van der Waals surface area (Å²) >= 11 is 0. The van der Waals surface area contributed by atoms with Crippen LogP contribution in [0.3, 0.4) is 0 Å². The van der Waals surface area contributed by atoms with Gasteiger partial charge in [0.25, 0.3) is 0 Å². The number of ether oxygens (including phenoxy) is 2. The molecule has 7 nitrogen and oxygen atoms in total. The zero-order valence-corrected chi connectivity index (χ0v) is 13.4. The Balaban J connectivity index is 1.72. The molecular formula is C17H19N3O4. The number of carboxylic acid groups (broad SMARTS) is 1. The van der Waals surface area contributed by atoms with Crippen LogP contribution in [0, 0.1) is 11.8 Å². The molecule has 2 fully saturated rings. The number of aliphatic carboxylic acids is 1. The molecule has 1 N–H and O–H groups in total. The SMILES string of the molecule is COc1ccccc1-c1cnn(C2(C(=O)O)CC3COCC3C2)n1. The molecule has 0 bridgehead atoms. The number of rotatable bonds is 4. The van der Waals surface area contributed by atoms with E-state index in [-0.39, 0.29) is 11.8 Å². The minimum Gasteiger partial charge on any atom is -0.496 e.